The minimum Gasteiger partial charge on any atom is -0.388 e. The van der Waals surface area contributed by atoms with Gasteiger partial charge in [-0.25, -0.2) is 0 Å². The van der Waals surface area contributed by atoms with Crippen LogP contribution in [0.2, 0.25) is 0 Å². The van der Waals surface area contributed by atoms with Gasteiger partial charge in [-0.3, -0.25) is 14.9 Å². The van der Waals surface area contributed by atoms with Crippen molar-refractivity contribution in [2.24, 2.45) is 5.92 Å². The molecule has 0 aromatic rings. The first-order chi connectivity index (χ1) is 11.6. The number of rotatable bonds is 7. The Labute approximate surface area is 148 Å². The van der Waals surface area contributed by atoms with Crippen molar-refractivity contribution < 1.29 is 24.5 Å². The Morgan fingerprint density at radius 2 is 2.00 bits per heavy atom. The fraction of sp³-hybridized carbons (Fsp3) is 0.611. The summed E-state index contributed by atoms with van der Waals surface area (Å²) in [5, 5.41) is 23.0. The number of aliphatic hydroxyl groups is 2. The molecule has 2 rings (SSSR count). The molecule has 5 atom stereocenters. The Morgan fingerprint density at radius 1 is 1.32 bits per heavy atom. The minimum atomic E-state index is -1.28. The summed E-state index contributed by atoms with van der Waals surface area (Å²) in [6.07, 6.45) is 6.27. The van der Waals surface area contributed by atoms with Crippen LogP contribution in [0.15, 0.2) is 24.3 Å². The van der Waals surface area contributed by atoms with Crippen molar-refractivity contribution in [1.29, 1.82) is 0 Å². The van der Waals surface area contributed by atoms with Crippen molar-refractivity contribution in [3.05, 3.63) is 24.3 Å². The molecule has 0 aromatic carbocycles. The number of carbonyl (C=O) groups is 2. The second-order valence-electron chi connectivity index (χ2n) is 7.43. The highest BCUT2D eigenvalue weighted by Gasteiger charge is 2.48. The molecule has 140 valence electrons. The van der Waals surface area contributed by atoms with Crippen LogP contribution in [0.25, 0.3) is 0 Å². The first-order valence-corrected chi connectivity index (χ1v) is 11.5. The van der Waals surface area contributed by atoms with Crippen molar-refractivity contribution in [3.8, 4) is 0 Å². The molecular formula is C18H28NO5P. The van der Waals surface area contributed by atoms with Gasteiger partial charge in [0.05, 0.1) is 12.0 Å². The highest BCUT2D eigenvalue weighted by molar-refractivity contribution is 7.72. The van der Waals surface area contributed by atoms with Gasteiger partial charge in [0.15, 0.2) is 0 Å². The fourth-order valence-corrected chi connectivity index (χ4v) is 4.09. The Balaban J connectivity index is 2.14. The summed E-state index contributed by atoms with van der Waals surface area (Å²) in [4.78, 5) is 24.1. The van der Waals surface area contributed by atoms with Gasteiger partial charge in [-0.1, -0.05) is 12.2 Å². The third kappa shape index (κ3) is 4.91. The van der Waals surface area contributed by atoms with E-state index in [4.69, 9.17) is 4.74 Å². The molecule has 2 amide bonds. The summed E-state index contributed by atoms with van der Waals surface area (Å²) in [6, 6.07) is 0. The van der Waals surface area contributed by atoms with E-state index in [0.717, 1.165) is 6.16 Å². The van der Waals surface area contributed by atoms with Gasteiger partial charge in [0.2, 0.25) is 5.91 Å². The molecule has 0 aromatic heterocycles. The molecule has 0 radical (unpaired) electrons. The van der Waals surface area contributed by atoms with E-state index >= 15 is 0 Å². The highest BCUT2D eigenvalue weighted by Crippen LogP contribution is 2.39. The zero-order valence-electron chi connectivity index (χ0n) is 14.9. The van der Waals surface area contributed by atoms with Crippen LogP contribution in [0.4, 0.5) is 0 Å². The minimum absolute atomic E-state index is 0.420. The van der Waals surface area contributed by atoms with Crippen LogP contribution in [0, 0.1) is 5.92 Å². The number of allylic oxidation sites excluding steroid dienone is 1. The summed E-state index contributed by atoms with van der Waals surface area (Å²) in [5.74, 6) is -1.72. The van der Waals surface area contributed by atoms with Crippen LogP contribution < -0.4 is 5.32 Å². The average molecular weight is 369 g/mol. The number of hydrogen-bond acceptors (Lipinski definition) is 5. The van der Waals surface area contributed by atoms with Gasteiger partial charge in [-0.15, -0.1) is 19.8 Å². The largest absolute Gasteiger partial charge is 0.388 e. The van der Waals surface area contributed by atoms with E-state index in [9.17, 15) is 19.8 Å². The Bertz CT molecular complexity index is 623. The predicted molar refractivity (Wildman–Crippen MR) is 100 cm³/mol. The van der Waals surface area contributed by atoms with E-state index in [1.807, 2.05) is 0 Å². The van der Waals surface area contributed by atoms with Crippen LogP contribution in [0.1, 0.15) is 19.3 Å². The zero-order valence-corrected chi connectivity index (χ0v) is 15.7. The van der Waals surface area contributed by atoms with Gasteiger partial charge in [0.25, 0.3) is 5.91 Å². The van der Waals surface area contributed by atoms with Gasteiger partial charge >= 0.3 is 0 Å². The molecule has 2 heterocycles. The molecular weight excluding hydrogens is 341 g/mol. The number of amides is 2. The molecule has 6 nitrogen and oxygen atoms in total. The van der Waals surface area contributed by atoms with E-state index in [-0.39, 0.29) is 0 Å². The molecule has 0 aliphatic carbocycles. The average Bonchev–Trinajstić information content (AvgIpc) is 2.80. The predicted octanol–water partition coefficient (Wildman–Crippen LogP) is 0.740. The van der Waals surface area contributed by atoms with Crippen LogP contribution in [0.5, 0.6) is 0 Å². The lowest BCUT2D eigenvalue weighted by Crippen LogP contribution is -2.48. The van der Waals surface area contributed by atoms with E-state index < -0.39 is 49.0 Å². The summed E-state index contributed by atoms with van der Waals surface area (Å²) >= 11 is 0. The third-order valence-electron chi connectivity index (χ3n) is 4.60. The van der Waals surface area contributed by atoms with E-state index in [2.05, 4.69) is 31.5 Å². The van der Waals surface area contributed by atoms with Crippen molar-refractivity contribution >= 4 is 25.0 Å². The molecule has 0 spiro atoms. The van der Waals surface area contributed by atoms with Gasteiger partial charge in [-0.05, 0) is 38.8 Å². The molecule has 7 heteroatoms. The number of nitrogens with one attached hydrogen (secondary N) is 1. The quantitative estimate of drug-likeness (QED) is 0.350. The first-order valence-electron chi connectivity index (χ1n) is 8.50. The van der Waals surface area contributed by atoms with Crippen molar-refractivity contribution in [2.75, 3.05) is 19.5 Å². The molecule has 1 fully saturated rings. The molecule has 3 N–H and O–H groups in total. The van der Waals surface area contributed by atoms with Gasteiger partial charge in [-0.2, -0.15) is 0 Å². The summed E-state index contributed by atoms with van der Waals surface area (Å²) in [5.41, 5.74) is 0.475. The molecule has 2 aliphatic heterocycles. The molecule has 1 saturated heterocycles. The summed E-state index contributed by atoms with van der Waals surface area (Å²) in [7, 11) is 0. The van der Waals surface area contributed by atoms with Crippen LogP contribution >= 0.6 is 6.89 Å². The summed E-state index contributed by atoms with van der Waals surface area (Å²) < 4.78 is 5.83. The lowest BCUT2D eigenvalue weighted by molar-refractivity contribution is -0.136. The molecule has 1 unspecified atom stereocenters. The molecule has 0 saturated carbocycles. The fourth-order valence-electron chi connectivity index (χ4n) is 3.13. The highest BCUT2D eigenvalue weighted by atomic mass is 31.2. The SMILES string of the molecule is C=CCCC1=CC([C@@H]2O[C@H](CCP(=C)(C)C)[C@@H](O)[C@H]2O)C(=O)NC1=O. The van der Waals surface area contributed by atoms with Gasteiger partial charge in [0.1, 0.15) is 18.3 Å². The van der Waals surface area contributed by atoms with Gasteiger partial charge < -0.3 is 14.9 Å². The van der Waals surface area contributed by atoms with Crippen molar-refractivity contribution in [3.63, 3.8) is 0 Å². The third-order valence-corrected chi connectivity index (χ3v) is 6.07. The lowest BCUT2D eigenvalue weighted by Gasteiger charge is -2.26. The molecule has 25 heavy (non-hydrogen) atoms. The normalized spacial score (nSPS) is 33.1. The number of ether oxygens (including phenoxy) is 1. The topological polar surface area (TPSA) is 95.9 Å². The maximum absolute atomic E-state index is 12.2. The van der Waals surface area contributed by atoms with Crippen molar-refractivity contribution in [1.82, 2.24) is 5.32 Å². The lowest BCUT2D eigenvalue weighted by atomic mass is 9.89. The molecule has 2 aliphatic rings. The number of imide groups is 1. The zero-order chi connectivity index (χ0) is 18.8. The van der Waals surface area contributed by atoms with Crippen LogP contribution in [0.3, 0.4) is 0 Å². The Hall–Kier alpha value is -1.20. The second-order valence-corrected chi connectivity index (χ2v) is 11.8. The van der Waals surface area contributed by atoms with E-state index in [1.54, 1.807) is 12.2 Å². The van der Waals surface area contributed by atoms with Crippen LogP contribution in [-0.4, -0.2) is 72.2 Å². The van der Waals surface area contributed by atoms with E-state index in [1.165, 1.54) is 0 Å². The number of carbonyl (C=O) groups excluding carboxylic acids is 2. The number of aliphatic hydroxyl groups excluding tert-OH is 2. The Morgan fingerprint density at radius 3 is 2.60 bits per heavy atom. The van der Waals surface area contributed by atoms with Crippen molar-refractivity contribution in [2.45, 2.75) is 43.7 Å². The second kappa shape index (κ2) is 8.00. The standard InChI is InChI=1S/C18H28NO5P/c1-5-6-7-11-10-12(18(23)19-17(11)22)16-15(21)14(20)13(24-16)8-9-25(2,3)4/h5,10,12-16,20-21H,1-2,6-9H2,3-4H3,(H,19,22,23)/t12?,13-,14-,15-,16+/m1/s1. The smallest absolute Gasteiger partial charge is 0.253 e. The van der Waals surface area contributed by atoms with Crippen LogP contribution in [-0.2, 0) is 14.3 Å². The first kappa shape index (κ1) is 20.1. The summed E-state index contributed by atoms with van der Waals surface area (Å²) in [6.45, 7) is 6.54. The Kier molecular flexibility index (Phi) is 6.44. The molecule has 0 bridgehead atoms. The van der Waals surface area contributed by atoms with Gasteiger partial charge in [0, 0.05) is 5.57 Å². The monoisotopic (exact) mass is 369 g/mol. The maximum Gasteiger partial charge on any atom is 0.253 e. The maximum atomic E-state index is 12.2. The number of hydrogen-bond donors (Lipinski definition) is 3. The van der Waals surface area contributed by atoms with E-state index in [0.29, 0.717) is 24.8 Å².